The first kappa shape index (κ1) is 13.6. The molecule has 1 atom stereocenters. The van der Waals surface area contributed by atoms with E-state index in [0.717, 1.165) is 23.7 Å². The molecule has 1 aromatic heterocycles. The molecular weight excluding hydrogens is 244 g/mol. The van der Waals surface area contributed by atoms with Crippen LogP contribution >= 0.6 is 0 Å². The number of aromatic nitrogens is 1. The van der Waals surface area contributed by atoms with E-state index in [1.165, 1.54) is 36.6 Å². The first-order chi connectivity index (χ1) is 9.74. The first-order valence-corrected chi connectivity index (χ1v) is 7.84. The first-order valence-electron chi connectivity index (χ1n) is 7.84. The summed E-state index contributed by atoms with van der Waals surface area (Å²) in [6.07, 6.45) is 5.47. The van der Waals surface area contributed by atoms with E-state index >= 15 is 0 Å². The van der Waals surface area contributed by atoms with E-state index in [1.807, 2.05) is 6.92 Å². The molecule has 20 heavy (non-hydrogen) atoms. The fourth-order valence-corrected chi connectivity index (χ4v) is 2.80. The molecule has 1 aliphatic rings. The van der Waals surface area contributed by atoms with E-state index in [2.05, 4.69) is 47.6 Å². The van der Waals surface area contributed by atoms with Crippen LogP contribution in [0.5, 0.6) is 0 Å². The Kier molecular flexibility index (Phi) is 4.02. The molecule has 1 saturated carbocycles. The summed E-state index contributed by atoms with van der Waals surface area (Å²) < 4.78 is 0. The highest BCUT2D eigenvalue weighted by Gasteiger charge is 2.24. The lowest BCUT2D eigenvalue weighted by molar-refractivity contribution is 0.445. The van der Waals surface area contributed by atoms with Crippen molar-refractivity contribution in [2.75, 3.05) is 0 Å². The van der Waals surface area contributed by atoms with Crippen LogP contribution in [0.25, 0.3) is 10.9 Å². The van der Waals surface area contributed by atoms with E-state index in [4.69, 9.17) is 0 Å². The van der Waals surface area contributed by atoms with Gasteiger partial charge in [-0.25, -0.2) is 0 Å². The Bertz CT molecular complexity index is 587. The van der Waals surface area contributed by atoms with Crippen LogP contribution < -0.4 is 5.32 Å². The molecule has 2 heteroatoms. The van der Waals surface area contributed by atoms with Crippen LogP contribution in [-0.2, 0) is 6.54 Å². The third-order valence-electron chi connectivity index (χ3n) is 4.30. The number of aryl methyl sites for hydroxylation is 1. The van der Waals surface area contributed by atoms with Crippen LogP contribution in [0.1, 0.15) is 43.9 Å². The van der Waals surface area contributed by atoms with Crippen molar-refractivity contribution in [1.82, 2.24) is 10.3 Å². The van der Waals surface area contributed by atoms with Crippen LogP contribution in [0.15, 0.2) is 30.3 Å². The molecule has 3 rings (SSSR count). The molecule has 1 N–H and O–H groups in total. The number of nitrogens with one attached hydrogen (secondary N) is 1. The number of hydrogen-bond donors (Lipinski definition) is 1. The van der Waals surface area contributed by atoms with E-state index in [1.54, 1.807) is 0 Å². The molecule has 1 aromatic carbocycles. The van der Waals surface area contributed by atoms with Gasteiger partial charge >= 0.3 is 0 Å². The zero-order valence-electron chi connectivity index (χ0n) is 12.5. The third-order valence-corrected chi connectivity index (χ3v) is 4.30. The topological polar surface area (TPSA) is 24.9 Å². The normalized spacial score (nSPS) is 16.5. The second-order valence-corrected chi connectivity index (χ2v) is 6.14. The summed E-state index contributed by atoms with van der Waals surface area (Å²) in [6, 6.07) is 11.5. The zero-order chi connectivity index (χ0) is 13.9. The standard InChI is InChI=1S/C18H24N2/c1-3-17(11-14-5-6-14)19-12-15-7-9-18-16(10-15)8-4-13(2)20-18/h4,7-10,14,17,19H,3,5-6,11-12H2,1-2H3. The maximum atomic E-state index is 4.56. The number of hydrogen-bond acceptors (Lipinski definition) is 2. The highest BCUT2D eigenvalue weighted by Crippen LogP contribution is 2.34. The number of fused-ring (bicyclic) bond motifs is 1. The van der Waals surface area contributed by atoms with Crippen LogP contribution in [0.3, 0.4) is 0 Å². The van der Waals surface area contributed by atoms with Gasteiger partial charge in [-0.3, -0.25) is 4.98 Å². The van der Waals surface area contributed by atoms with Gasteiger partial charge in [-0.1, -0.05) is 31.9 Å². The Morgan fingerprint density at radius 2 is 2.10 bits per heavy atom. The highest BCUT2D eigenvalue weighted by atomic mass is 14.9. The minimum absolute atomic E-state index is 0.675. The Hall–Kier alpha value is -1.41. The Balaban J connectivity index is 1.65. The summed E-state index contributed by atoms with van der Waals surface area (Å²) in [5, 5.41) is 4.95. The van der Waals surface area contributed by atoms with Gasteiger partial charge in [0.1, 0.15) is 0 Å². The molecule has 2 nitrogen and oxygen atoms in total. The van der Waals surface area contributed by atoms with Crippen molar-refractivity contribution < 1.29 is 0 Å². The van der Waals surface area contributed by atoms with Gasteiger partial charge in [0.25, 0.3) is 0 Å². The molecule has 2 aromatic rings. The van der Waals surface area contributed by atoms with Gasteiger partial charge in [0.15, 0.2) is 0 Å². The van der Waals surface area contributed by atoms with Crippen molar-refractivity contribution in [3.05, 3.63) is 41.6 Å². The van der Waals surface area contributed by atoms with Crippen LogP contribution in [0.2, 0.25) is 0 Å². The monoisotopic (exact) mass is 268 g/mol. The summed E-state index contributed by atoms with van der Waals surface area (Å²) >= 11 is 0. The number of rotatable bonds is 6. The molecule has 1 unspecified atom stereocenters. The second kappa shape index (κ2) is 5.92. The Labute approximate surface area is 121 Å². The summed E-state index contributed by atoms with van der Waals surface area (Å²) in [5.41, 5.74) is 3.54. The Morgan fingerprint density at radius 3 is 2.85 bits per heavy atom. The molecule has 1 aliphatic carbocycles. The molecule has 1 fully saturated rings. The second-order valence-electron chi connectivity index (χ2n) is 6.14. The quantitative estimate of drug-likeness (QED) is 0.849. The van der Waals surface area contributed by atoms with E-state index < -0.39 is 0 Å². The molecule has 0 bridgehead atoms. The van der Waals surface area contributed by atoms with Crippen LogP contribution in [0.4, 0.5) is 0 Å². The lowest BCUT2D eigenvalue weighted by Crippen LogP contribution is -2.28. The molecule has 0 spiro atoms. The number of pyridine rings is 1. The van der Waals surface area contributed by atoms with E-state index in [-0.39, 0.29) is 0 Å². The predicted octanol–water partition coefficient (Wildman–Crippen LogP) is 4.21. The maximum Gasteiger partial charge on any atom is 0.0705 e. The van der Waals surface area contributed by atoms with Gasteiger partial charge in [0.05, 0.1) is 5.52 Å². The summed E-state index contributed by atoms with van der Waals surface area (Å²) in [5.74, 6) is 0.997. The maximum absolute atomic E-state index is 4.56. The molecule has 0 aliphatic heterocycles. The van der Waals surface area contributed by atoms with Crippen molar-refractivity contribution in [1.29, 1.82) is 0 Å². The summed E-state index contributed by atoms with van der Waals surface area (Å²) in [7, 11) is 0. The third kappa shape index (κ3) is 3.37. The smallest absolute Gasteiger partial charge is 0.0705 e. The van der Waals surface area contributed by atoms with Crippen LogP contribution in [-0.4, -0.2) is 11.0 Å². The average Bonchev–Trinajstić information content (AvgIpc) is 3.27. The fourth-order valence-electron chi connectivity index (χ4n) is 2.80. The highest BCUT2D eigenvalue weighted by molar-refractivity contribution is 5.79. The van der Waals surface area contributed by atoms with Crippen molar-refractivity contribution in [2.45, 2.75) is 52.1 Å². The molecule has 0 saturated heterocycles. The van der Waals surface area contributed by atoms with Crippen molar-refractivity contribution in [2.24, 2.45) is 5.92 Å². The molecule has 106 valence electrons. The number of nitrogens with zero attached hydrogens (tertiary/aromatic N) is 1. The number of benzene rings is 1. The summed E-state index contributed by atoms with van der Waals surface area (Å²) in [6.45, 7) is 5.29. The average molecular weight is 268 g/mol. The Morgan fingerprint density at radius 1 is 1.25 bits per heavy atom. The fraction of sp³-hybridized carbons (Fsp3) is 0.500. The van der Waals surface area contributed by atoms with E-state index in [9.17, 15) is 0 Å². The van der Waals surface area contributed by atoms with Crippen molar-refractivity contribution in [3.63, 3.8) is 0 Å². The lowest BCUT2D eigenvalue weighted by Gasteiger charge is -2.16. The predicted molar refractivity (Wildman–Crippen MR) is 84.7 cm³/mol. The largest absolute Gasteiger partial charge is 0.310 e. The van der Waals surface area contributed by atoms with Crippen LogP contribution in [0, 0.1) is 12.8 Å². The minimum Gasteiger partial charge on any atom is -0.310 e. The SMILES string of the molecule is CCC(CC1CC1)NCc1ccc2nc(C)ccc2c1. The van der Waals surface area contributed by atoms with Gasteiger partial charge in [-0.15, -0.1) is 0 Å². The molecule has 0 radical (unpaired) electrons. The van der Waals surface area contributed by atoms with E-state index in [0.29, 0.717) is 6.04 Å². The molecule has 1 heterocycles. The van der Waals surface area contributed by atoms with Gasteiger partial charge in [0.2, 0.25) is 0 Å². The van der Waals surface area contributed by atoms with Gasteiger partial charge in [-0.2, -0.15) is 0 Å². The van der Waals surface area contributed by atoms with Crippen molar-refractivity contribution in [3.8, 4) is 0 Å². The van der Waals surface area contributed by atoms with Gasteiger partial charge in [0, 0.05) is 23.7 Å². The molecule has 0 amide bonds. The van der Waals surface area contributed by atoms with Crippen molar-refractivity contribution >= 4 is 10.9 Å². The minimum atomic E-state index is 0.675. The zero-order valence-corrected chi connectivity index (χ0v) is 12.5. The molecular formula is C18H24N2. The lowest BCUT2D eigenvalue weighted by atomic mass is 10.1. The summed E-state index contributed by atoms with van der Waals surface area (Å²) in [4.78, 5) is 4.56. The van der Waals surface area contributed by atoms with Gasteiger partial charge in [-0.05, 0) is 49.4 Å². The van der Waals surface area contributed by atoms with Gasteiger partial charge < -0.3 is 5.32 Å².